The van der Waals surface area contributed by atoms with Crippen molar-refractivity contribution in [2.75, 3.05) is 0 Å². The molecule has 1 aliphatic heterocycles. The molecule has 9 aromatic rings. The second-order valence-electron chi connectivity index (χ2n) is 12.5. The van der Waals surface area contributed by atoms with Gasteiger partial charge in [-0.25, -0.2) is 5.32 Å². The summed E-state index contributed by atoms with van der Waals surface area (Å²) in [6.07, 6.45) is 0.0743. The van der Waals surface area contributed by atoms with Crippen LogP contribution in [0.3, 0.4) is 0 Å². The Kier molecular flexibility index (Phi) is 6.11. The third-order valence-corrected chi connectivity index (χ3v) is 10.9. The Hall–Kier alpha value is -5.97. The predicted octanol–water partition coefficient (Wildman–Crippen LogP) is 11.2. The van der Waals surface area contributed by atoms with Gasteiger partial charge < -0.3 is 4.57 Å². The lowest BCUT2D eigenvalue weighted by molar-refractivity contribution is -0.531. The van der Waals surface area contributed by atoms with Crippen LogP contribution in [-0.4, -0.2) is 15.0 Å². The predicted molar refractivity (Wildman–Crippen MR) is 202 cm³/mol. The highest BCUT2D eigenvalue weighted by Gasteiger charge is 2.40. The molecule has 4 heteroatoms. The molecular formula is C44H30N3S+. The highest BCUT2D eigenvalue weighted by Crippen LogP contribution is 2.39. The number of amidine groups is 1. The zero-order valence-corrected chi connectivity index (χ0v) is 26.9. The molecule has 0 fully saturated rings. The van der Waals surface area contributed by atoms with E-state index in [1.807, 2.05) is 11.3 Å². The van der Waals surface area contributed by atoms with Gasteiger partial charge in [0.2, 0.25) is 0 Å². The van der Waals surface area contributed by atoms with Gasteiger partial charge in [0, 0.05) is 42.2 Å². The van der Waals surface area contributed by atoms with Crippen LogP contribution in [0.1, 0.15) is 17.3 Å². The van der Waals surface area contributed by atoms with E-state index in [1.165, 1.54) is 64.2 Å². The molecule has 1 atom stereocenters. The molecule has 3 nitrogen and oxygen atoms in total. The van der Waals surface area contributed by atoms with Crippen molar-refractivity contribution in [2.45, 2.75) is 6.17 Å². The summed E-state index contributed by atoms with van der Waals surface area (Å²) < 4.78 is 7.47. The van der Waals surface area contributed by atoms with Crippen LogP contribution in [0.4, 0.5) is 5.69 Å². The number of hydrogen-bond donors (Lipinski definition) is 1. The standard InChI is InChI=1S/C44H29N3S/c1-3-11-29(12-4-1)43-45-44(30-13-5-2-6-14-30)47(43)34-23-21-33(22-24-34)46-39-17-9-7-15-35(39)37-27-31(19-25-40(37)46)32-20-26-42-38(28-32)36-16-8-10-18-41(36)48-42/h1-28,43H/p+1. The van der Waals surface area contributed by atoms with Crippen molar-refractivity contribution in [3.05, 3.63) is 181 Å². The summed E-state index contributed by atoms with van der Waals surface area (Å²) in [4.78, 5) is 0. The Morgan fingerprint density at radius 2 is 1.10 bits per heavy atom. The molecule has 3 heterocycles. The molecule has 0 amide bonds. The van der Waals surface area contributed by atoms with Gasteiger partial charge >= 0.3 is 0 Å². The molecule has 0 aliphatic carbocycles. The number of nitrogens with one attached hydrogen (secondary N) is 1. The Balaban J connectivity index is 1.08. The van der Waals surface area contributed by atoms with E-state index < -0.39 is 0 Å². The van der Waals surface area contributed by atoms with Crippen molar-refractivity contribution in [2.24, 2.45) is 0 Å². The van der Waals surface area contributed by atoms with E-state index in [1.54, 1.807) is 0 Å². The second-order valence-corrected chi connectivity index (χ2v) is 13.5. The van der Waals surface area contributed by atoms with Crippen LogP contribution >= 0.6 is 11.3 Å². The normalized spacial score (nSPS) is 14.5. The lowest BCUT2D eigenvalue weighted by atomic mass is 10.0. The maximum atomic E-state index is 3.73. The van der Waals surface area contributed by atoms with Crippen molar-refractivity contribution in [1.29, 1.82) is 0 Å². The maximum absolute atomic E-state index is 3.73. The van der Waals surface area contributed by atoms with Crippen molar-refractivity contribution in [3.8, 4) is 16.8 Å². The minimum Gasteiger partial charge on any atom is -0.309 e. The smallest absolute Gasteiger partial charge is 0.289 e. The molecule has 10 rings (SSSR count). The van der Waals surface area contributed by atoms with Crippen LogP contribution in [-0.2, 0) is 0 Å². The van der Waals surface area contributed by atoms with Crippen LogP contribution < -0.4 is 5.32 Å². The lowest BCUT2D eigenvalue weighted by Crippen LogP contribution is -2.51. The first-order valence-electron chi connectivity index (χ1n) is 16.4. The average molecular weight is 633 g/mol. The molecule has 0 saturated carbocycles. The summed E-state index contributed by atoms with van der Waals surface area (Å²) >= 11 is 1.87. The highest BCUT2D eigenvalue weighted by molar-refractivity contribution is 7.25. The van der Waals surface area contributed by atoms with Gasteiger partial charge in [-0.3, -0.25) is 0 Å². The van der Waals surface area contributed by atoms with Gasteiger partial charge in [0.15, 0.2) is 0 Å². The summed E-state index contributed by atoms with van der Waals surface area (Å²) in [5.41, 5.74) is 9.62. The maximum Gasteiger partial charge on any atom is 0.289 e. The van der Waals surface area contributed by atoms with Gasteiger partial charge in [-0.1, -0.05) is 97.1 Å². The zero-order chi connectivity index (χ0) is 31.6. The molecule has 0 radical (unpaired) electrons. The van der Waals surface area contributed by atoms with Crippen LogP contribution in [0, 0.1) is 0 Å². The average Bonchev–Trinajstić information content (AvgIpc) is 3.68. The molecule has 1 aliphatic rings. The Bertz CT molecular complexity index is 2680. The molecule has 0 saturated heterocycles. The summed E-state index contributed by atoms with van der Waals surface area (Å²) in [5.74, 6) is 1.12. The first kappa shape index (κ1) is 27.2. The molecule has 226 valence electrons. The Morgan fingerprint density at radius 3 is 1.92 bits per heavy atom. The van der Waals surface area contributed by atoms with E-state index in [0.717, 1.165) is 17.2 Å². The number of hydrogen-bond acceptors (Lipinski definition) is 2. The van der Waals surface area contributed by atoms with Crippen LogP contribution in [0.15, 0.2) is 170 Å². The first-order chi connectivity index (χ1) is 23.8. The summed E-state index contributed by atoms with van der Waals surface area (Å²) in [6.45, 7) is 0. The number of thiophene rings is 1. The third-order valence-electron chi connectivity index (χ3n) is 9.70. The van der Waals surface area contributed by atoms with E-state index >= 15 is 0 Å². The van der Waals surface area contributed by atoms with Crippen molar-refractivity contribution >= 4 is 64.8 Å². The van der Waals surface area contributed by atoms with Gasteiger partial charge in [0.25, 0.3) is 12.0 Å². The van der Waals surface area contributed by atoms with Gasteiger partial charge in [0.05, 0.1) is 16.6 Å². The fourth-order valence-electron chi connectivity index (χ4n) is 7.39. The molecule has 1 N–H and O–H groups in total. The summed E-state index contributed by atoms with van der Waals surface area (Å²) in [5, 5.41) is 8.91. The number of fused-ring (bicyclic) bond motifs is 6. The number of nitrogens with zero attached hydrogens (tertiary/aromatic N) is 2. The number of aromatic nitrogens is 1. The number of rotatable bonds is 5. The molecule has 0 bridgehead atoms. The van der Waals surface area contributed by atoms with E-state index in [-0.39, 0.29) is 6.17 Å². The van der Waals surface area contributed by atoms with E-state index in [2.05, 4.69) is 184 Å². The van der Waals surface area contributed by atoms with Crippen LogP contribution in [0.5, 0.6) is 0 Å². The quantitative estimate of drug-likeness (QED) is 0.187. The van der Waals surface area contributed by atoms with Gasteiger partial charge in [-0.05, 0) is 83.9 Å². The van der Waals surface area contributed by atoms with E-state index in [0.29, 0.717) is 0 Å². The number of para-hydroxylation sites is 1. The zero-order valence-electron chi connectivity index (χ0n) is 26.0. The second kappa shape index (κ2) is 10.8. The van der Waals surface area contributed by atoms with E-state index in [4.69, 9.17) is 0 Å². The van der Waals surface area contributed by atoms with Gasteiger partial charge in [-0.15, -0.1) is 11.3 Å². The molecule has 7 aromatic carbocycles. The fraction of sp³-hybridized carbons (Fsp3) is 0.0227. The Morgan fingerprint density at radius 1 is 0.479 bits per heavy atom. The molecular weight excluding hydrogens is 603 g/mol. The lowest BCUT2D eigenvalue weighted by Gasteiger charge is -2.29. The molecule has 2 aromatic heterocycles. The monoisotopic (exact) mass is 632 g/mol. The van der Waals surface area contributed by atoms with E-state index in [9.17, 15) is 0 Å². The molecule has 0 spiro atoms. The van der Waals surface area contributed by atoms with Gasteiger partial charge in [0.1, 0.15) is 5.69 Å². The Labute approximate surface area is 282 Å². The van der Waals surface area contributed by atoms with Gasteiger partial charge in [-0.2, -0.15) is 4.58 Å². The topological polar surface area (TPSA) is 20.0 Å². The van der Waals surface area contributed by atoms with Crippen molar-refractivity contribution < 1.29 is 4.58 Å². The SMILES string of the molecule is c1ccc(C2=[N+](c3ccc(-n4c5ccccc5c5cc(-c6ccc7sc8ccccc8c7c6)ccc54)cc3)C(c3ccccc3)N2)cc1. The molecule has 1 unspecified atom stereocenters. The minimum absolute atomic E-state index is 0.0743. The fourth-order valence-corrected chi connectivity index (χ4v) is 8.48. The van der Waals surface area contributed by atoms with Crippen molar-refractivity contribution in [1.82, 2.24) is 9.88 Å². The largest absolute Gasteiger partial charge is 0.309 e. The first-order valence-corrected chi connectivity index (χ1v) is 17.2. The minimum atomic E-state index is 0.0743. The van der Waals surface area contributed by atoms with Crippen molar-refractivity contribution in [3.63, 3.8) is 0 Å². The van der Waals surface area contributed by atoms with Crippen LogP contribution in [0.25, 0.3) is 58.8 Å². The summed E-state index contributed by atoms with van der Waals surface area (Å²) in [7, 11) is 0. The summed E-state index contributed by atoms with van der Waals surface area (Å²) in [6, 6.07) is 61.6. The highest BCUT2D eigenvalue weighted by atomic mass is 32.1. The molecule has 48 heavy (non-hydrogen) atoms. The van der Waals surface area contributed by atoms with Crippen LogP contribution in [0.2, 0.25) is 0 Å². The number of benzene rings is 7. The third kappa shape index (κ3) is 4.23.